The van der Waals surface area contributed by atoms with Crippen molar-refractivity contribution in [3.8, 4) is 0 Å². The maximum Gasteiger partial charge on any atom is 0.141 e. The summed E-state index contributed by atoms with van der Waals surface area (Å²) in [7, 11) is 2.10. The van der Waals surface area contributed by atoms with Gasteiger partial charge in [-0.15, -0.1) is 0 Å². The Hall–Kier alpha value is -1.19. The third kappa shape index (κ3) is 1.88. The molecule has 3 nitrogen and oxygen atoms in total. The predicted molar refractivity (Wildman–Crippen MR) is 71.3 cm³/mol. The van der Waals surface area contributed by atoms with E-state index in [4.69, 9.17) is 0 Å². The normalized spacial score (nSPS) is 32.6. The van der Waals surface area contributed by atoms with Crippen LogP contribution in [-0.4, -0.2) is 47.8 Å². The topological polar surface area (TPSA) is 23.6 Å². The van der Waals surface area contributed by atoms with Gasteiger partial charge in [0.1, 0.15) is 6.29 Å². The van der Waals surface area contributed by atoms with Gasteiger partial charge in [-0.3, -0.25) is 9.80 Å². The summed E-state index contributed by atoms with van der Waals surface area (Å²) in [5.41, 5.74) is 1.11. The number of benzene rings is 1. The molecule has 3 heteroatoms. The number of carbonyl (C=O) groups is 1. The highest BCUT2D eigenvalue weighted by molar-refractivity contribution is 5.66. The van der Waals surface area contributed by atoms with Crippen molar-refractivity contribution in [1.82, 2.24) is 9.80 Å². The van der Waals surface area contributed by atoms with Gasteiger partial charge in [0.05, 0.1) is 5.54 Å². The van der Waals surface area contributed by atoms with Crippen LogP contribution in [0.2, 0.25) is 0 Å². The fourth-order valence-corrected chi connectivity index (χ4v) is 3.45. The molecule has 0 radical (unpaired) electrons. The van der Waals surface area contributed by atoms with Crippen LogP contribution >= 0.6 is 0 Å². The maximum atomic E-state index is 11.5. The van der Waals surface area contributed by atoms with Gasteiger partial charge in [0, 0.05) is 25.7 Å². The van der Waals surface area contributed by atoms with Crippen LogP contribution in [-0.2, 0) is 11.3 Å². The first-order chi connectivity index (χ1) is 8.73. The van der Waals surface area contributed by atoms with Crippen LogP contribution in [0.3, 0.4) is 0 Å². The molecule has 2 atom stereocenters. The van der Waals surface area contributed by atoms with Gasteiger partial charge in [0.25, 0.3) is 0 Å². The molecule has 18 heavy (non-hydrogen) atoms. The van der Waals surface area contributed by atoms with Crippen LogP contribution in [0.25, 0.3) is 0 Å². The maximum absolute atomic E-state index is 11.5. The molecule has 1 aromatic rings. The predicted octanol–water partition coefficient (Wildman–Crippen LogP) is 1.53. The second-order valence-electron chi connectivity index (χ2n) is 5.68. The smallest absolute Gasteiger partial charge is 0.141 e. The van der Waals surface area contributed by atoms with Crippen molar-refractivity contribution in [1.29, 1.82) is 0 Å². The zero-order valence-corrected chi connectivity index (χ0v) is 10.9. The van der Waals surface area contributed by atoms with E-state index in [0.717, 1.165) is 32.5 Å². The lowest BCUT2D eigenvalue weighted by Crippen LogP contribution is -2.60. The highest BCUT2D eigenvalue weighted by atomic mass is 16.1. The minimum Gasteiger partial charge on any atom is -0.301 e. The Kier molecular flexibility index (Phi) is 2.96. The molecule has 96 valence electrons. The number of likely N-dealkylation sites (N-methyl/N-ethyl adjacent to an activating group) is 1. The van der Waals surface area contributed by atoms with Crippen LogP contribution in [0, 0.1) is 0 Å². The van der Waals surface area contributed by atoms with Gasteiger partial charge in [-0.05, 0) is 25.5 Å². The molecular weight excluding hydrogens is 224 g/mol. The first-order valence-electron chi connectivity index (χ1n) is 6.69. The van der Waals surface area contributed by atoms with Crippen molar-refractivity contribution in [2.75, 3.05) is 20.1 Å². The first kappa shape index (κ1) is 11.9. The molecule has 2 bridgehead atoms. The minimum atomic E-state index is -0.225. The van der Waals surface area contributed by atoms with E-state index in [1.807, 2.05) is 6.07 Å². The minimum absolute atomic E-state index is 0.225. The molecule has 2 aliphatic rings. The average Bonchev–Trinajstić information content (AvgIpc) is 2.61. The second kappa shape index (κ2) is 4.48. The van der Waals surface area contributed by atoms with E-state index in [1.165, 1.54) is 11.8 Å². The molecule has 2 fully saturated rings. The summed E-state index contributed by atoms with van der Waals surface area (Å²) in [4.78, 5) is 16.2. The number of aldehydes is 1. The number of carbonyl (C=O) groups excluding carboxylic acids is 1. The molecule has 3 rings (SSSR count). The molecule has 1 aromatic carbocycles. The second-order valence-corrected chi connectivity index (χ2v) is 5.68. The van der Waals surface area contributed by atoms with Gasteiger partial charge in [-0.1, -0.05) is 30.3 Å². The van der Waals surface area contributed by atoms with Gasteiger partial charge in [0.15, 0.2) is 0 Å². The molecule has 0 spiro atoms. The van der Waals surface area contributed by atoms with E-state index >= 15 is 0 Å². The van der Waals surface area contributed by atoms with E-state index in [2.05, 4.69) is 41.1 Å². The lowest BCUT2D eigenvalue weighted by atomic mass is 9.97. The van der Waals surface area contributed by atoms with Crippen molar-refractivity contribution in [3.05, 3.63) is 35.9 Å². The number of likely N-dealkylation sites (tertiary alicyclic amines) is 1. The zero-order valence-electron chi connectivity index (χ0n) is 10.9. The number of hydrogen-bond donors (Lipinski definition) is 0. The average molecular weight is 244 g/mol. The summed E-state index contributed by atoms with van der Waals surface area (Å²) in [5.74, 6) is 0. The third-order valence-corrected chi connectivity index (χ3v) is 4.60. The van der Waals surface area contributed by atoms with Crippen molar-refractivity contribution in [2.45, 2.75) is 31.0 Å². The Morgan fingerprint density at radius 2 is 2.17 bits per heavy atom. The first-order valence-corrected chi connectivity index (χ1v) is 6.69. The standard InChI is InChI=1S/C15H20N2O/c1-16-14-7-8-15(16,12-18)11-17(10-14)9-13-5-3-2-4-6-13/h2-6,12,14H,7-11H2,1H3. The lowest BCUT2D eigenvalue weighted by Gasteiger charge is -2.44. The third-order valence-electron chi connectivity index (χ3n) is 4.60. The van der Waals surface area contributed by atoms with Crippen LogP contribution in [0.15, 0.2) is 30.3 Å². The van der Waals surface area contributed by atoms with Crippen molar-refractivity contribution < 1.29 is 4.79 Å². The molecular formula is C15H20N2O. The molecule has 0 saturated carbocycles. The lowest BCUT2D eigenvalue weighted by molar-refractivity contribution is -0.121. The Balaban J connectivity index is 1.75. The quantitative estimate of drug-likeness (QED) is 0.753. The van der Waals surface area contributed by atoms with E-state index in [0.29, 0.717) is 6.04 Å². The van der Waals surface area contributed by atoms with Crippen LogP contribution < -0.4 is 0 Å². The molecule has 2 heterocycles. The summed E-state index contributed by atoms with van der Waals surface area (Å²) in [6, 6.07) is 11.1. The summed E-state index contributed by atoms with van der Waals surface area (Å²) >= 11 is 0. The number of hydrogen-bond acceptors (Lipinski definition) is 3. The highest BCUT2D eigenvalue weighted by Crippen LogP contribution is 2.36. The number of nitrogens with zero attached hydrogens (tertiary/aromatic N) is 2. The van der Waals surface area contributed by atoms with Crippen molar-refractivity contribution >= 4 is 6.29 Å². The Morgan fingerprint density at radius 3 is 2.89 bits per heavy atom. The largest absolute Gasteiger partial charge is 0.301 e. The van der Waals surface area contributed by atoms with Crippen molar-refractivity contribution in [2.24, 2.45) is 0 Å². The van der Waals surface area contributed by atoms with Gasteiger partial charge < -0.3 is 4.79 Å². The fourth-order valence-electron chi connectivity index (χ4n) is 3.45. The van der Waals surface area contributed by atoms with Gasteiger partial charge in [-0.2, -0.15) is 0 Å². The van der Waals surface area contributed by atoms with E-state index in [-0.39, 0.29) is 5.54 Å². The number of rotatable bonds is 3. The summed E-state index contributed by atoms with van der Waals surface area (Å²) in [6.07, 6.45) is 3.34. The molecule has 0 aliphatic carbocycles. The van der Waals surface area contributed by atoms with Gasteiger partial charge in [0.2, 0.25) is 0 Å². The Bertz CT molecular complexity index is 433. The van der Waals surface area contributed by atoms with Gasteiger partial charge in [-0.25, -0.2) is 0 Å². The van der Waals surface area contributed by atoms with Crippen LogP contribution in [0.5, 0.6) is 0 Å². The summed E-state index contributed by atoms with van der Waals surface area (Å²) in [6.45, 7) is 2.92. The van der Waals surface area contributed by atoms with E-state index < -0.39 is 0 Å². The molecule has 0 aromatic heterocycles. The van der Waals surface area contributed by atoms with E-state index in [1.54, 1.807) is 0 Å². The monoisotopic (exact) mass is 244 g/mol. The summed E-state index contributed by atoms with van der Waals surface area (Å²) < 4.78 is 0. The van der Waals surface area contributed by atoms with Gasteiger partial charge >= 0.3 is 0 Å². The molecule has 2 unspecified atom stereocenters. The molecule has 0 amide bonds. The zero-order chi connectivity index (χ0) is 12.6. The van der Waals surface area contributed by atoms with Crippen LogP contribution in [0.4, 0.5) is 0 Å². The highest BCUT2D eigenvalue weighted by Gasteiger charge is 2.49. The molecule has 2 aliphatic heterocycles. The van der Waals surface area contributed by atoms with E-state index in [9.17, 15) is 4.79 Å². The molecule has 2 saturated heterocycles. The number of fused-ring (bicyclic) bond motifs is 2. The fraction of sp³-hybridized carbons (Fsp3) is 0.533. The number of piperazine rings is 1. The molecule has 0 N–H and O–H groups in total. The summed E-state index contributed by atoms with van der Waals surface area (Å²) in [5, 5.41) is 0. The Labute approximate surface area is 108 Å². The SMILES string of the molecule is CN1C2CCC1(C=O)CN(Cc1ccccc1)C2. The Morgan fingerprint density at radius 1 is 1.39 bits per heavy atom. The van der Waals surface area contributed by atoms with Crippen LogP contribution in [0.1, 0.15) is 18.4 Å². The van der Waals surface area contributed by atoms with Crippen molar-refractivity contribution in [3.63, 3.8) is 0 Å².